The van der Waals surface area contributed by atoms with Crippen molar-refractivity contribution >= 4 is 18.5 Å². The van der Waals surface area contributed by atoms with Crippen molar-refractivity contribution in [1.82, 2.24) is 25.1 Å². The molecule has 2 aliphatic rings. The number of nitrogens with one attached hydrogen (secondary N) is 1. The van der Waals surface area contributed by atoms with Crippen molar-refractivity contribution in [3.8, 4) is 5.75 Å². The Morgan fingerprint density at radius 2 is 1.81 bits per heavy atom. The van der Waals surface area contributed by atoms with Gasteiger partial charge in [0, 0.05) is 56.1 Å². The van der Waals surface area contributed by atoms with Gasteiger partial charge in [-0.1, -0.05) is 0 Å². The van der Waals surface area contributed by atoms with E-state index < -0.39 is 0 Å². The summed E-state index contributed by atoms with van der Waals surface area (Å²) in [6, 6.07) is 8.62. The number of hydrogen-bond donors (Lipinski definition) is 2. The molecule has 1 aliphatic carbocycles. The predicted molar refractivity (Wildman–Crippen MR) is 142 cm³/mol. The summed E-state index contributed by atoms with van der Waals surface area (Å²) in [5.74, 6) is 1.45. The van der Waals surface area contributed by atoms with E-state index in [9.17, 15) is 4.79 Å². The van der Waals surface area contributed by atoms with E-state index in [1.807, 2.05) is 55.4 Å². The van der Waals surface area contributed by atoms with E-state index in [2.05, 4.69) is 32.8 Å². The van der Waals surface area contributed by atoms with Gasteiger partial charge in [0.2, 0.25) is 5.89 Å². The Bertz CT molecular complexity index is 1120. The van der Waals surface area contributed by atoms with Gasteiger partial charge in [0.05, 0.1) is 13.7 Å². The monoisotopic (exact) mass is 509 g/mol. The first-order valence-electron chi connectivity index (χ1n) is 12.4. The molecule has 1 aromatic carbocycles. The number of rotatable bonds is 7. The summed E-state index contributed by atoms with van der Waals surface area (Å²) in [5.41, 5.74) is 3.98. The Hall–Kier alpha value is -2.88. The average Bonchev–Trinajstić information content (AvgIpc) is 3.61. The van der Waals surface area contributed by atoms with Crippen LogP contribution in [0.5, 0.6) is 5.75 Å². The molecule has 9 heteroatoms. The number of aromatic nitrogens is 2. The van der Waals surface area contributed by atoms with Gasteiger partial charge in [-0.25, -0.2) is 4.98 Å². The second-order valence-electron chi connectivity index (χ2n) is 9.32. The second-order valence-corrected chi connectivity index (χ2v) is 9.76. The third-order valence-corrected chi connectivity index (χ3v) is 7.11. The zero-order chi connectivity index (χ0) is 25.5. The lowest BCUT2D eigenvalue weighted by Crippen LogP contribution is -2.48. The molecule has 36 heavy (non-hydrogen) atoms. The first-order chi connectivity index (χ1) is 17.4. The molecule has 1 aliphatic heterocycles. The van der Waals surface area contributed by atoms with Crippen molar-refractivity contribution < 1.29 is 13.9 Å². The molecular formula is C27H35N5O3S. The zero-order valence-corrected chi connectivity index (χ0v) is 22.1. The average molecular weight is 510 g/mol. The molecule has 3 aromatic rings. The number of hydrogen-bond acceptors (Lipinski definition) is 8. The number of amides is 1. The number of carbonyl (C=O) groups is 1. The molecule has 0 spiro atoms. The first kappa shape index (κ1) is 26.2. The van der Waals surface area contributed by atoms with E-state index in [0.717, 1.165) is 41.4 Å². The van der Waals surface area contributed by atoms with Crippen molar-refractivity contribution in [3.63, 3.8) is 0 Å². The molecule has 0 radical (unpaired) electrons. The molecule has 192 valence electrons. The summed E-state index contributed by atoms with van der Waals surface area (Å²) in [5, 5.41) is 3.34. The summed E-state index contributed by atoms with van der Waals surface area (Å²) in [6.45, 7) is 8.70. The number of carbonyl (C=O) groups excluding carboxylic acids is 1. The number of pyridine rings is 1. The maximum atomic E-state index is 12.6. The van der Waals surface area contributed by atoms with Gasteiger partial charge in [-0.05, 0) is 67.6 Å². The van der Waals surface area contributed by atoms with Crippen LogP contribution in [0.2, 0.25) is 0 Å². The van der Waals surface area contributed by atoms with Crippen molar-refractivity contribution in [2.45, 2.75) is 50.7 Å². The molecule has 2 aromatic heterocycles. The van der Waals surface area contributed by atoms with Crippen molar-refractivity contribution in [2.75, 3.05) is 33.3 Å². The van der Waals surface area contributed by atoms with Crippen LogP contribution < -0.4 is 10.1 Å². The Balaban J connectivity index is 0.000000233. The van der Waals surface area contributed by atoms with E-state index in [-0.39, 0.29) is 5.91 Å². The van der Waals surface area contributed by atoms with E-state index in [0.29, 0.717) is 37.3 Å². The van der Waals surface area contributed by atoms with Crippen LogP contribution in [-0.4, -0.2) is 65.0 Å². The van der Waals surface area contributed by atoms with Gasteiger partial charge in [-0.3, -0.25) is 14.7 Å². The van der Waals surface area contributed by atoms with Crippen LogP contribution >= 0.6 is 12.6 Å². The Morgan fingerprint density at radius 1 is 1.14 bits per heavy atom. The van der Waals surface area contributed by atoms with Crippen molar-refractivity contribution in [2.24, 2.45) is 0 Å². The van der Waals surface area contributed by atoms with Crippen LogP contribution in [0.15, 0.2) is 52.2 Å². The molecule has 2 fully saturated rings. The number of oxazole rings is 1. The van der Waals surface area contributed by atoms with E-state index in [4.69, 9.17) is 9.15 Å². The standard InChI is InChI=1S/C18H23N5O2.C9H12OS/c24-18(16-13-25-17(21-16)11-20-15-1-2-15)23-9-7-22(8-10-23)12-14-3-5-19-6-4-14;1-6-4-8(10-3)5-7(2)9(6)11/h3-6,13,15,20H,1-2,7-12H2;4-5,11H,1-3H3. The zero-order valence-electron chi connectivity index (χ0n) is 21.2. The summed E-state index contributed by atoms with van der Waals surface area (Å²) in [4.78, 5) is 26.2. The lowest BCUT2D eigenvalue weighted by Gasteiger charge is -2.34. The summed E-state index contributed by atoms with van der Waals surface area (Å²) in [6.07, 6.45) is 7.55. The quantitative estimate of drug-likeness (QED) is 0.468. The summed E-state index contributed by atoms with van der Waals surface area (Å²) < 4.78 is 10.5. The number of ether oxygens (including phenoxy) is 1. The number of methoxy groups -OCH3 is 1. The Kier molecular flexibility index (Phi) is 9.01. The van der Waals surface area contributed by atoms with Gasteiger partial charge in [-0.2, -0.15) is 0 Å². The first-order valence-corrected chi connectivity index (χ1v) is 12.8. The largest absolute Gasteiger partial charge is 0.497 e. The maximum absolute atomic E-state index is 12.6. The van der Waals surface area contributed by atoms with E-state index in [1.165, 1.54) is 24.7 Å². The highest BCUT2D eigenvalue weighted by Crippen LogP contribution is 2.24. The van der Waals surface area contributed by atoms with Crippen molar-refractivity contribution in [1.29, 1.82) is 0 Å². The normalized spacial score (nSPS) is 15.8. The molecule has 0 unspecified atom stereocenters. The fourth-order valence-corrected chi connectivity index (χ4v) is 4.19. The molecular weight excluding hydrogens is 474 g/mol. The van der Waals surface area contributed by atoms with Crippen LogP contribution in [0.25, 0.3) is 0 Å². The molecule has 1 N–H and O–H groups in total. The van der Waals surface area contributed by atoms with Crippen LogP contribution in [-0.2, 0) is 13.1 Å². The minimum absolute atomic E-state index is 0.0371. The third-order valence-electron chi connectivity index (χ3n) is 6.41. The Morgan fingerprint density at radius 3 is 2.42 bits per heavy atom. The minimum atomic E-state index is -0.0371. The van der Waals surface area contributed by atoms with E-state index in [1.54, 1.807) is 7.11 Å². The lowest BCUT2D eigenvalue weighted by atomic mass is 10.1. The number of aryl methyl sites for hydroxylation is 2. The molecule has 1 amide bonds. The SMILES string of the molecule is COc1cc(C)c(S)c(C)c1.O=C(c1coc(CNC2CC2)n1)N1CCN(Cc2ccncc2)CC1. The molecule has 1 saturated carbocycles. The highest BCUT2D eigenvalue weighted by Gasteiger charge is 2.25. The topological polar surface area (TPSA) is 83.7 Å². The fraction of sp³-hybridized carbons (Fsp3) is 0.444. The second kappa shape index (κ2) is 12.4. The lowest BCUT2D eigenvalue weighted by molar-refractivity contribution is 0.0622. The number of piperazine rings is 1. The molecule has 5 rings (SSSR count). The smallest absolute Gasteiger partial charge is 0.275 e. The van der Waals surface area contributed by atoms with Crippen LogP contribution in [0.4, 0.5) is 0 Å². The van der Waals surface area contributed by atoms with Crippen molar-refractivity contribution in [3.05, 3.63) is 71.2 Å². The van der Waals surface area contributed by atoms with Gasteiger partial charge < -0.3 is 19.4 Å². The molecule has 1 saturated heterocycles. The molecule has 8 nitrogen and oxygen atoms in total. The van der Waals surface area contributed by atoms with Crippen LogP contribution in [0, 0.1) is 13.8 Å². The molecule has 3 heterocycles. The van der Waals surface area contributed by atoms with Gasteiger partial charge in [0.1, 0.15) is 12.0 Å². The van der Waals surface area contributed by atoms with Gasteiger partial charge in [0.25, 0.3) is 5.91 Å². The van der Waals surface area contributed by atoms with E-state index >= 15 is 0 Å². The molecule has 0 bridgehead atoms. The number of thiol groups is 1. The molecule has 0 atom stereocenters. The predicted octanol–water partition coefficient (Wildman–Crippen LogP) is 3.88. The summed E-state index contributed by atoms with van der Waals surface area (Å²) in [7, 11) is 1.67. The number of nitrogens with zero attached hydrogens (tertiary/aromatic N) is 4. The minimum Gasteiger partial charge on any atom is -0.497 e. The van der Waals surface area contributed by atoms with Gasteiger partial charge in [-0.15, -0.1) is 12.6 Å². The van der Waals surface area contributed by atoms with Gasteiger partial charge in [0.15, 0.2) is 5.69 Å². The van der Waals surface area contributed by atoms with Crippen LogP contribution in [0.3, 0.4) is 0 Å². The highest BCUT2D eigenvalue weighted by molar-refractivity contribution is 7.80. The van der Waals surface area contributed by atoms with Crippen LogP contribution in [0.1, 0.15) is 45.9 Å². The summed E-state index contributed by atoms with van der Waals surface area (Å²) >= 11 is 4.34. The number of benzene rings is 1. The fourth-order valence-electron chi connectivity index (χ4n) is 4.06. The maximum Gasteiger partial charge on any atom is 0.275 e. The highest BCUT2D eigenvalue weighted by atomic mass is 32.1. The third kappa shape index (κ3) is 7.32. The van der Waals surface area contributed by atoms with Gasteiger partial charge >= 0.3 is 0 Å². The Labute approximate surface area is 218 Å².